The van der Waals surface area contributed by atoms with Crippen molar-refractivity contribution < 1.29 is 19.1 Å². The van der Waals surface area contributed by atoms with Crippen molar-refractivity contribution in [2.24, 2.45) is 0 Å². The molecule has 0 aliphatic carbocycles. The zero-order valence-corrected chi connectivity index (χ0v) is 15.0. The Morgan fingerprint density at radius 2 is 2.00 bits per heavy atom. The number of pyridine rings is 1. The Bertz CT molecular complexity index is 762. The number of rotatable bonds is 6. The summed E-state index contributed by atoms with van der Waals surface area (Å²) in [6, 6.07) is 8.79. The molecule has 0 bridgehead atoms. The monoisotopic (exact) mass is 362 g/mol. The molecule has 1 atom stereocenters. The van der Waals surface area contributed by atoms with Gasteiger partial charge in [-0.3, -0.25) is 4.79 Å². The molecule has 2 rings (SSSR count). The molecule has 0 fully saturated rings. The van der Waals surface area contributed by atoms with E-state index >= 15 is 0 Å². The summed E-state index contributed by atoms with van der Waals surface area (Å²) in [5, 5.41) is 3.00. The molecule has 0 unspecified atom stereocenters. The molecule has 1 amide bonds. The number of benzene rings is 1. The Labute approximate surface area is 151 Å². The van der Waals surface area contributed by atoms with Crippen LogP contribution in [0.4, 0.5) is 5.82 Å². The third kappa shape index (κ3) is 5.76. The number of aryl methyl sites for hydroxylation is 2. The summed E-state index contributed by atoms with van der Waals surface area (Å²) >= 11 is 5.73. The third-order valence-corrected chi connectivity index (χ3v) is 3.56. The number of hydrogen-bond acceptors (Lipinski definition) is 5. The molecule has 7 heteroatoms. The van der Waals surface area contributed by atoms with Crippen LogP contribution in [0.2, 0.25) is 5.02 Å². The van der Waals surface area contributed by atoms with E-state index in [1.54, 1.807) is 18.2 Å². The molecular weight excluding hydrogens is 344 g/mol. The van der Waals surface area contributed by atoms with Crippen molar-refractivity contribution in [3.05, 3.63) is 52.7 Å². The number of ether oxygens (including phenoxy) is 2. The number of carbonyl (C=O) groups excluding carboxylic acids is 2. The first-order valence-corrected chi connectivity index (χ1v) is 8.05. The Balaban J connectivity index is 1.82. The standard InChI is InChI=1S/C18H19ClN2O4/c1-11-4-6-15(12(2)8-11)24-10-17(22)25-13(3)18(23)21-16-7-5-14(19)9-20-16/h4-9,13H,10H2,1-3H3,(H,20,21,23)/t13-/m1/s1. The van der Waals surface area contributed by atoms with Crippen LogP contribution in [0.25, 0.3) is 0 Å². The van der Waals surface area contributed by atoms with Gasteiger partial charge in [-0.2, -0.15) is 0 Å². The van der Waals surface area contributed by atoms with E-state index in [1.807, 2.05) is 26.0 Å². The van der Waals surface area contributed by atoms with Gasteiger partial charge in [0.2, 0.25) is 0 Å². The SMILES string of the molecule is Cc1ccc(OCC(=O)O[C@H](C)C(=O)Nc2ccc(Cl)cn2)c(C)c1. The fraction of sp³-hybridized carbons (Fsp3) is 0.278. The van der Waals surface area contributed by atoms with Gasteiger partial charge >= 0.3 is 5.97 Å². The second-order valence-corrected chi connectivity index (χ2v) is 5.98. The maximum Gasteiger partial charge on any atom is 0.344 e. The molecule has 0 radical (unpaired) electrons. The van der Waals surface area contributed by atoms with Crippen molar-refractivity contribution in [3.8, 4) is 5.75 Å². The van der Waals surface area contributed by atoms with E-state index in [9.17, 15) is 9.59 Å². The summed E-state index contributed by atoms with van der Waals surface area (Å²) in [7, 11) is 0. The van der Waals surface area contributed by atoms with Crippen molar-refractivity contribution in [2.45, 2.75) is 26.9 Å². The highest BCUT2D eigenvalue weighted by atomic mass is 35.5. The zero-order chi connectivity index (χ0) is 18.4. The van der Waals surface area contributed by atoms with Gasteiger partial charge in [0.15, 0.2) is 12.7 Å². The van der Waals surface area contributed by atoms with E-state index in [-0.39, 0.29) is 6.61 Å². The fourth-order valence-corrected chi connectivity index (χ4v) is 2.17. The summed E-state index contributed by atoms with van der Waals surface area (Å²) in [5.41, 5.74) is 2.03. The topological polar surface area (TPSA) is 77.5 Å². The third-order valence-electron chi connectivity index (χ3n) is 3.33. The minimum absolute atomic E-state index is 0.277. The van der Waals surface area contributed by atoms with Crippen molar-refractivity contribution in [2.75, 3.05) is 11.9 Å². The highest BCUT2D eigenvalue weighted by Gasteiger charge is 2.19. The normalized spacial score (nSPS) is 11.5. The molecule has 6 nitrogen and oxygen atoms in total. The van der Waals surface area contributed by atoms with Gasteiger partial charge in [-0.05, 0) is 44.5 Å². The lowest BCUT2D eigenvalue weighted by atomic mass is 10.1. The molecule has 132 valence electrons. The number of anilines is 1. The van der Waals surface area contributed by atoms with Crippen LogP contribution in [-0.4, -0.2) is 29.6 Å². The zero-order valence-electron chi connectivity index (χ0n) is 14.2. The Kier molecular flexibility index (Phi) is 6.36. The summed E-state index contributed by atoms with van der Waals surface area (Å²) in [4.78, 5) is 27.8. The molecule has 1 heterocycles. The van der Waals surface area contributed by atoms with Crippen molar-refractivity contribution in [1.82, 2.24) is 4.98 Å². The maximum absolute atomic E-state index is 12.0. The van der Waals surface area contributed by atoms with E-state index in [0.717, 1.165) is 11.1 Å². The number of carbonyl (C=O) groups is 2. The van der Waals surface area contributed by atoms with Crippen molar-refractivity contribution in [3.63, 3.8) is 0 Å². The summed E-state index contributed by atoms with van der Waals surface area (Å²) in [6.07, 6.45) is 0.429. The minimum Gasteiger partial charge on any atom is -0.482 e. The number of nitrogens with zero attached hydrogens (tertiary/aromatic N) is 1. The van der Waals surface area contributed by atoms with Gasteiger partial charge in [0.25, 0.3) is 5.91 Å². The smallest absolute Gasteiger partial charge is 0.344 e. The Morgan fingerprint density at radius 3 is 2.64 bits per heavy atom. The van der Waals surface area contributed by atoms with E-state index in [2.05, 4.69) is 10.3 Å². The van der Waals surface area contributed by atoms with Crippen LogP contribution in [0.1, 0.15) is 18.1 Å². The number of nitrogens with one attached hydrogen (secondary N) is 1. The molecule has 0 saturated heterocycles. The predicted molar refractivity (Wildman–Crippen MR) is 94.8 cm³/mol. The van der Waals surface area contributed by atoms with Gasteiger partial charge in [0.05, 0.1) is 5.02 Å². The molecule has 1 aromatic heterocycles. The van der Waals surface area contributed by atoms with Gasteiger partial charge in [0.1, 0.15) is 11.6 Å². The van der Waals surface area contributed by atoms with Gasteiger partial charge < -0.3 is 14.8 Å². The number of halogens is 1. The molecule has 25 heavy (non-hydrogen) atoms. The van der Waals surface area contributed by atoms with Gasteiger partial charge in [0, 0.05) is 6.20 Å². The lowest BCUT2D eigenvalue weighted by molar-refractivity contribution is -0.155. The highest BCUT2D eigenvalue weighted by molar-refractivity contribution is 6.30. The van der Waals surface area contributed by atoms with E-state index in [0.29, 0.717) is 16.6 Å². The van der Waals surface area contributed by atoms with Crippen molar-refractivity contribution in [1.29, 1.82) is 0 Å². The van der Waals surface area contributed by atoms with Crippen molar-refractivity contribution >= 4 is 29.3 Å². The fourth-order valence-electron chi connectivity index (χ4n) is 2.06. The first-order chi connectivity index (χ1) is 11.8. The first-order valence-electron chi connectivity index (χ1n) is 7.67. The molecule has 2 aromatic rings. The Morgan fingerprint density at radius 1 is 1.24 bits per heavy atom. The number of aromatic nitrogens is 1. The maximum atomic E-state index is 12.0. The molecule has 0 spiro atoms. The number of hydrogen-bond donors (Lipinski definition) is 1. The molecule has 0 aliphatic rings. The molecule has 0 saturated carbocycles. The van der Waals surface area contributed by atoms with Gasteiger partial charge in [-0.25, -0.2) is 9.78 Å². The first kappa shape index (κ1) is 18.7. The lowest BCUT2D eigenvalue weighted by Crippen LogP contribution is -2.32. The number of amides is 1. The quantitative estimate of drug-likeness (QED) is 0.798. The van der Waals surface area contributed by atoms with E-state index in [4.69, 9.17) is 21.1 Å². The molecule has 0 aliphatic heterocycles. The second-order valence-electron chi connectivity index (χ2n) is 5.54. The van der Waals surface area contributed by atoms with E-state index < -0.39 is 18.0 Å². The molecule has 1 aromatic carbocycles. The minimum atomic E-state index is -0.979. The van der Waals surface area contributed by atoms with Gasteiger partial charge in [-0.15, -0.1) is 0 Å². The lowest BCUT2D eigenvalue weighted by Gasteiger charge is -2.14. The Hall–Kier alpha value is -2.60. The van der Waals surface area contributed by atoms with Crippen LogP contribution < -0.4 is 10.1 Å². The van der Waals surface area contributed by atoms with Crippen LogP contribution in [0.15, 0.2) is 36.5 Å². The van der Waals surface area contributed by atoms with E-state index in [1.165, 1.54) is 13.1 Å². The van der Waals surface area contributed by atoms with Crippen LogP contribution in [0.5, 0.6) is 5.75 Å². The van der Waals surface area contributed by atoms with Crippen LogP contribution >= 0.6 is 11.6 Å². The predicted octanol–water partition coefficient (Wildman–Crippen LogP) is 3.30. The average Bonchev–Trinajstić information content (AvgIpc) is 2.56. The van der Waals surface area contributed by atoms with Crippen LogP contribution in [0, 0.1) is 13.8 Å². The summed E-state index contributed by atoms with van der Waals surface area (Å²) < 4.78 is 10.5. The summed E-state index contributed by atoms with van der Waals surface area (Å²) in [6.45, 7) is 5.06. The largest absolute Gasteiger partial charge is 0.482 e. The highest BCUT2D eigenvalue weighted by Crippen LogP contribution is 2.18. The molecular formula is C18H19ClN2O4. The average molecular weight is 363 g/mol. The summed E-state index contributed by atoms with van der Waals surface area (Å²) in [5.74, 6) is -0.199. The second kappa shape index (κ2) is 8.48. The van der Waals surface area contributed by atoms with Crippen LogP contribution in [0.3, 0.4) is 0 Å². The number of esters is 1. The van der Waals surface area contributed by atoms with Crippen LogP contribution in [-0.2, 0) is 14.3 Å². The van der Waals surface area contributed by atoms with Gasteiger partial charge in [-0.1, -0.05) is 29.3 Å². The molecule has 1 N–H and O–H groups in total.